The van der Waals surface area contributed by atoms with E-state index in [9.17, 15) is 22.8 Å². The topological polar surface area (TPSA) is 92.4 Å². The van der Waals surface area contributed by atoms with Crippen molar-refractivity contribution in [3.63, 3.8) is 0 Å². The standard InChI is InChI=1S/C13H13F3N2O3/c1-12(11(20)21,13(14,15)16)18-10(19)7-4-8-2-5-9(17)6-3-8/h2-7H,17H2,1H3,(H,18,19)(H,20,21)/b7-4+. The van der Waals surface area contributed by atoms with E-state index >= 15 is 0 Å². The number of benzene rings is 1. The second-order valence-corrected chi connectivity index (χ2v) is 4.42. The van der Waals surface area contributed by atoms with Gasteiger partial charge in [0.1, 0.15) is 0 Å². The van der Waals surface area contributed by atoms with Crippen LogP contribution in [0.5, 0.6) is 0 Å². The van der Waals surface area contributed by atoms with Gasteiger partial charge in [0.15, 0.2) is 0 Å². The highest BCUT2D eigenvalue weighted by Gasteiger charge is 2.58. The van der Waals surface area contributed by atoms with Gasteiger partial charge in [0.05, 0.1) is 0 Å². The number of nitrogens with one attached hydrogen (secondary N) is 1. The minimum absolute atomic E-state index is 0.379. The summed E-state index contributed by atoms with van der Waals surface area (Å²) in [7, 11) is 0. The smallest absolute Gasteiger partial charge is 0.422 e. The third-order valence-electron chi connectivity index (χ3n) is 2.73. The maximum Gasteiger partial charge on any atom is 0.422 e. The van der Waals surface area contributed by atoms with Crippen molar-refractivity contribution in [3.05, 3.63) is 35.9 Å². The highest BCUT2D eigenvalue weighted by atomic mass is 19.4. The number of halogens is 3. The first kappa shape index (κ1) is 16.5. The van der Waals surface area contributed by atoms with Crippen molar-refractivity contribution in [1.82, 2.24) is 5.32 Å². The van der Waals surface area contributed by atoms with Crippen LogP contribution in [0.3, 0.4) is 0 Å². The number of aliphatic carboxylic acids is 1. The summed E-state index contributed by atoms with van der Waals surface area (Å²) in [6.45, 7) is 0.379. The molecule has 5 nitrogen and oxygen atoms in total. The molecular formula is C13H13F3N2O3. The van der Waals surface area contributed by atoms with E-state index in [1.54, 1.807) is 24.3 Å². The zero-order valence-corrected chi connectivity index (χ0v) is 10.9. The van der Waals surface area contributed by atoms with E-state index in [0.717, 1.165) is 6.08 Å². The summed E-state index contributed by atoms with van der Waals surface area (Å²) in [4.78, 5) is 22.2. The van der Waals surface area contributed by atoms with Gasteiger partial charge in [-0.3, -0.25) is 4.79 Å². The number of carboxylic acids is 1. The van der Waals surface area contributed by atoms with Crippen LogP contribution in [-0.2, 0) is 9.59 Å². The van der Waals surface area contributed by atoms with E-state index in [1.807, 2.05) is 0 Å². The van der Waals surface area contributed by atoms with E-state index in [2.05, 4.69) is 0 Å². The molecule has 1 aromatic carbocycles. The van der Waals surface area contributed by atoms with Crippen LogP contribution in [-0.4, -0.2) is 28.7 Å². The van der Waals surface area contributed by atoms with Crippen LogP contribution in [0.1, 0.15) is 12.5 Å². The number of nitrogens with two attached hydrogens (primary N) is 1. The SMILES string of the molecule is CC(NC(=O)/C=C/c1ccc(N)cc1)(C(=O)O)C(F)(F)F. The van der Waals surface area contributed by atoms with Gasteiger partial charge in [-0.1, -0.05) is 12.1 Å². The molecule has 1 rings (SSSR count). The Morgan fingerprint density at radius 2 is 1.76 bits per heavy atom. The molecule has 0 saturated heterocycles. The molecular weight excluding hydrogens is 289 g/mol. The second-order valence-electron chi connectivity index (χ2n) is 4.42. The van der Waals surface area contributed by atoms with Crippen molar-refractivity contribution in [2.45, 2.75) is 18.6 Å². The predicted octanol–water partition coefficient (Wildman–Crippen LogP) is 1.80. The highest BCUT2D eigenvalue weighted by Crippen LogP contribution is 2.30. The third kappa shape index (κ3) is 3.98. The Bertz CT molecular complexity index is 567. The second kappa shape index (κ2) is 5.86. The van der Waals surface area contributed by atoms with Crippen LogP contribution >= 0.6 is 0 Å². The van der Waals surface area contributed by atoms with Crippen LogP contribution in [0, 0.1) is 0 Å². The van der Waals surface area contributed by atoms with E-state index in [0.29, 0.717) is 18.2 Å². The Kier molecular flexibility index (Phi) is 4.62. The lowest BCUT2D eigenvalue weighted by Crippen LogP contribution is -2.61. The van der Waals surface area contributed by atoms with E-state index in [4.69, 9.17) is 10.8 Å². The number of hydrogen-bond acceptors (Lipinski definition) is 3. The molecule has 0 saturated carbocycles. The highest BCUT2D eigenvalue weighted by molar-refractivity contribution is 5.96. The van der Waals surface area contributed by atoms with E-state index in [-0.39, 0.29) is 0 Å². The van der Waals surface area contributed by atoms with Gasteiger partial charge in [-0.05, 0) is 30.7 Å². The zero-order valence-electron chi connectivity index (χ0n) is 10.9. The molecule has 0 aliphatic rings. The summed E-state index contributed by atoms with van der Waals surface area (Å²) < 4.78 is 38.1. The molecule has 0 aliphatic carbocycles. The van der Waals surface area contributed by atoms with Gasteiger partial charge in [-0.25, -0.2) is 4.79 Å². The van der Waals surface area contributed by atoms with Crippen molar-refractivity contribution < 1.29 is 27.9 Å². The molecule has 0 heterocycles. The molecule has 1 unspecified atom stereocenters. The average Bonchev–Trinajstić information content (AvgIpc) is 2.36. The summed E-state index contributed by atoms with van der Waals surface area (Å²) in [6, 6.07) is 6.21. The Labute approximate surface area is 118 Å². The molecule has 0 aromatic heterocycles. The van der Waals surface area contributed by atoms with Gasteiger partial charge in [0.25, 0.3) is 0 Å². The normalized spacial score (nSPS) is 14.7. The lowest BCUT2D eigenvalue weighted by atomic mass is 10.0. The molecule has 1 aromatic rings. The number of amides is 1. The van der Waals surface area contributed by atoms with Gasteiger partial charge < -0.3 is 16.2 Å². The molecule has 21 heavy (non-hydrogen) atoms. The van der Waals surface area contributed by atoms with Crippen molar-refractivity contribution in [3.8, 4) is 0 Å². The van der Waals surface area contributed by atoms with Gasteiger partial charge in [0, 0.05) is 11.8 Å². The molecule has 0 bridgehead atoms. The predicted molar refractivity (Wildman–Crippen MR) is 70.1 cm³/mol. The third-order valence-corrected chi connectivity index (χ3v) is 2.73. The van der Waals surface area contributed by atoms with Crippen LogP contribution in [0.25, 0.3) is 6.08 Å². The number of carboxylic acid groups (broad SMARTS) is 1. The first-order valence-electron chi connectivity index (χ1n) is 5.72. The van der Waals surface area contributed by atoms with Gasteiger partial charge in [0.2, 0.25) is 11.4 Å². The Hall–Kier alpha value is -2.51. The minimum atomic E-state index is -5.12. The molecule has 0 fully saturated rings. The monoisotopic (exact) mass is 302 g/mol. The lowest BCUT2D eigenvalue weighted by molar-refractivity contribution is -0.206. The number of hydrogen-bond donors (Lipinski definition) is 3. The first-order valence-corrected chi connectivity index (χ1v) is 5.72. The van der Waals surface area contributed by atoms with Gasteiger partial charge >= 0.3 is 12.1 Å². The Balaban J connectivity index is 2.85. The fourth-order valence-electron chi connectivity index (χ4n) is 1.31. The largest absolute Gasteiger partial charge is 0.479 e. The summed E-state index contributed by atoms with van der Waals surface area (Å²) in [5.41, 5.74) is 3.13. The zero-order chi connectivity index (χ0) is 16.3. The Morgan fingerprint density at radius 1 is 1.24 bits per heavy atom. The van der Waals surface area contributed by atoms with Crippen molar-refractivity contribution in [1.29, 1.82) is 0 Å². The van der Waals surface area contributed by atoms with E-state index in [1.165, 1.54) is 11.4 Å². The number of alkyl halides is 3. The molecule has 4 N–H and O–H groups in total. The fourth-order valence-corrected chi connectivity index (χ4v) is 1.31. The van der Waals surface area contributed by atoms with E-state index < -0.39 is 23.6 Å². The van der Waals surface area contributed by atoms with Crippen LogP contribution in [0.15, 0.2) is 30.3 Å². The minimum Gasteiger partial charge on any atom is -0.479 e. The number of carbonyl (C=O) groups excluding carboxylic acids is 1. The number of rotatable bonds is 4. The molecule has 0 spiro atoms. The maximum absolute atomic E-state index is 12.7. The summed E-state index contributed by atoms with van der Waals surface area (Å²) in [5, 5.41) is 10.1. The summed E-state index contributed by atoms with van der Waals surface area (Å²) in [5.74, 6) is -3.36. The van der Waals surface area contributed by atoms with Crippen LogP contribution in [0.4, 0.5) is 18.9 Å². The van der Waals surface area contributed by atoms with Crippen molar-refractivity contribution >= 4 is 23.6 Å². The summed E-state index contributed by atoms with van der Waals surface area (Å²) >= 11 is 0. The molecule has 1 atom stereocenters. The number of anilines is 1. The molecule has 0 aliphatic heterocycles. The fraction of sp³-hybridized carbons (Fsp3) is 0.231. The molecule has 114 valence electrons. The number of nitrogen functional groups attached to an aromatic ring is 1. The number of carbonyl (C=O) groups is 2. The van der Waals surface area contributed by atoms with Gasteiger partial charge in [-0.2, -0.15) is 13.2 Å². The maximum atomic E-state index is 12.7. The molecule has 0 radical (unpaired) electrons. The lowest BCUT2D eigenvalue weighted by Gasteiger charge is -2.27. The van der Waals surface area contributed by atoms with Crippen molar-refractivity contribution in [2.24, 2.45) is 0 Å². The molecule has 8 heteroatoms. The quantitative estimate of drug-likeness (QED) is 0.584. The molecule has 1 amide bonds. The average molecular weight is 302 g/mol. The summed E-state index contributed by atoms with van der Waals surface area (Å²) in [6.07, 6.45) is -3.06. The van der Waals surface area contributed by atoms with Crippen molar-refractivity contribution in [2.75, 3.05) is 5.73 Å². The van der Waals surface area contributed by atoms with Gasteiger partial charge in [-0.15, -0.1) is 0 Å². The van der Waals surface area contributed by atoms with Crippen LogP contribution < -0.4 is 11.1 Å². The first-order chi connectivity index (χ1) is 9.56. The Morgan fingerprint density at radius 3 is 2.19 bits per heavy atom. The van der Waals surface area contributed by atoms with Crippen LogP contribution in [0.2, 0.25) is 0 Å².